The van der Waals surface area contributed by atoms with Crippen molar-refractivity contribution in [1.82, 2.24) is 5.32 Å². The minimum atomic E-state index is 0.0536. The highest BCUT2D eigenvalue weighted by Crippen LogP contribution is 2.40. The van der Waals surface area contributed by atoms with Gasteiger partial charge in [0.15, 0.2) is 0 Å². The minimum Gasteiger partial charge on any atom is -0.313 e. The molecule has 18 heavy (non-hydrogen) atoms. The van der Waals surface area contributed by atoms with E-state index < -0.39 is 0 Å². The van der Waals surface area contributed by atoms with Crippen LogP contribution in [0.3, 0.4) is 0 Å². The van der Waals surface area contributed by atoms with E-state index in [9.17, 15) is 0 Å². The fourth-order valence-electron chi connectivity index (χ4n) is 2.57. The van der Waals surface area contributed by atoms with Crippen molar-refractivity contribution >= 4 is 23.2 Å². The number of rotatable bonds is 6. The van der Waals surface area contributed by atoms with Crippen molar-refractivity contribution in [3.8, 4) is 0 Å². The molecule has 1 N–H and O–H groups in total. The van der Waals surface area contributed by atoms with Crippen LogP contribution in [0.4, 0.5) is 0 Å². The topological polar surface area (TPSA) is 12.0 Å². The maximum Gasteiger partial charge on any atom is 0.0459 e. The van der Waals surface area contributed by atoms with Crippen molar-refractivity contribution < 1.29 is 0 Å². The first-order chi connectivity index (χ1) is 8.63. The molecule has 1 aliphatic carbocycles. The van der Waals surface area contributed by atoms with Crippen molar-refractivity contribution in [1.29, 1.82) is 0 Å². The van der Waals surface area contributed by atoms with Crippen LogP contribution in [0, 0.1) is 0 Å². The summed E-state index contributed by atoms with van der Waals surface area (Å²) in [5.74, 6) is 0. The van der Waals surface area contributed by atoms with Gasteiger partial charge >= 0.3 is 0 Å². The number of benzene rings is 1. The van der Waals surface area contributed by atoms with Gasteiger partial charge in [-0.1, -0.05) is 43.1 Å². The van der Waals surface area contributed by atoms with Crippen LogP contribution in [0.25, 0.3) is 0 Å². The van der Waals surface area contributed by atoms with Crippen LogP contribution in [0.2, 0.25) is 10.0 Å². The van der Waals surface area contributed by atoms with E-state index in [2.05, 4.69) is 19.2 Å². The molecule has 1 fully saturated rings. The van der Waals surface area contributed by atoms with E-state index in [1.54, 1.807) is 0 Å². The van der Waals surface area contributed by atoms with Crippen molar-refractivity contribution in [2.24, 2.45) is 0 Å². The first-order valence-electron chi connectivity index (χ1n) is 6.81. The molecule has 1 saturated carbocycles. The molecule has 0 aliphatic heterocycles. The molecule has 1 aromatic carbocycles. The molecule has 1 aliphatic rings. The summed E-state index contributed by atoms with van der Waals surface area (Å²) in [6.07, 6.45) is 4.71. The quantitative estimate of drug-likeness (QED) is 0.791. The predicted octanol–water partition coefficient (Wildman–Crippen LogP) is 4.80. The zero-order chi connectivity index (χ0) is 13.2. The molecule has 1 nitrogen and oxygen atoms in total. The predicted molar refractivity (Wildman–Crippen MR) is 79.7 cm³/mol. The normalized spacial score (nSPS) is 16.0. The van der Waals surface area contributed by atoms with E-state index in [4.69, 9.17) is 23.2 Å². The maximum atomic E-state index is 6.39. The Labute approximate surface area is 120 Å². The van der Waals surface area contributed by atoms with Gasteiger partial charge in [-0.05, 0) is 43.4 Å². The van der Waals surface area contributed by atoms with E-state index in [0.29, 0.717) is 6.04 Å². The molecule has 0 bridgehead atoms. The molecule has 0 spiro atoms. The molecule has 0 saturated heterocycles. The van der Waals surface area contributed by atoms with Gasteiger partial charge in [0, 0.05) is 28.0 Å². The molecule has 0 aromatic heterocycles. The van der Waals surface area contributed by atoms with Crippen LogP contribution < -0.4 is 5.32 Å². The lowest BCUT2D eigenvalue weighted by Gasteiger charge is -2.34. The van der Waals surface area contributed by atoms with Gasteiger partial charge in [-0.3, -0.25) is 0 Å². The Balaban J connectivity index is 2.31. The molecule has 0 amide bonds. The van der Waals surface area contributed by atoms with Crippen LogP contribution in [-0.4, -0.2) is 12.6 Å². The molecule has 1 aromatic rings. The van der Waals surface area contributed by atoms with Crippen molar-refractivity contribution in [2.45, 2.75) is 51.0 Å². The summed E-state index contributed by atoms with van der Waals surface area (Å²) in [4.78, 5) is 0. The van der Waals surface area contributed by atoms with E-state index in [1.807, 2.05) is 18.2 Å². The van der Waals surface area contributed by atoms with Crippen molar-refractivity contribution in [2.75, 3.05) is 6.54 Å². The second-order valence-corrected chi connectivity index (χ2v) is 6.05. The van der Waals surface area contributed by atoms with Crippen molar-refractivity contribution in [3.63, 3.8) is 0 Å². The van der Waals surface area contributed by atoms with E-state index >= 15 is 0 Å². The lowest BCUT2D eigenvalue weighted by atomic mass is 9.75. The Morgan fingerprint density at radius 2 is 1.72 bits per heavy atom. The third kappa shape index (κ3) is 2.84. The summed E-state index contributed by atoms with van der Waals surface area (Å²) < 4.78 is 0. The third-order valence-electron chi connectivity index (χ3n) is 4.15. The molecule has 0 unspecified atom stereocenters. The highest BCUT2D eigenvalue weighted by molar-refractivity contribution is 6.36. The summed E-state index contributed by atoms with van der Waals surface area (Å²) in [5.41, 5.74) is 1.17. The summed E-state index contributed by atoms with van der Waals surface area (Å²) in [6.45, 7) is 5.41. The van der Waals surface area contributed by atoms with E-state index in [1.165, 1.54) is 12.8 Å². The van der Waals surface area contributed by atoms with Crippen LogP contribution in [-0.2, 0) is 5.41 Å². The first kappa shape index (κ1) is 14.2. The van der Waals surface area contributed by atoms with Gasteiger partial charge in [-0.2, -0.15) is 0 Å². The molecule has 0 radical (unpaired) electrons. The Kier molecular flexibility index (Phi) is 4.58. The van der Waals surface area contributed by atoms with Crippen LogP contribution in [0.15, 0.2) is 18.2 Å². The van der Waals surface area contributed by atoms with Gasteiger partial charge < -0.3 is 5.32 Å². The van der Waals surface area contributed by atoms with Gasteiger partial charge in [0.05, 0.1) is 0 Å². The van der Waals surface area contributed by atoms with Gasteiger partial charge in [-0.25, -0.2) is 0 Å². The van der Waals surface area contributed by atoms with E-state index in [0.717, 1.165) is 35.0 Å². The SMILES string of the molecule is CCC(CC)(CNC1CC1)c1c(Cl)cccc1Cl. The lowest BCUT2D eigenvalue weighted by molar-refractivity contribution is 0.367. The second kappa shape index (κ2) is 5.81. The third-order valence-corrected chi connectivity index (χ3v) is 4.78. The van der Waals surface area contributed by atoms with E-state index in [-0.39, 0.29) is 5.41 Å². The zero-order valence-electron chi connectivity index (χ0n) is 11.1. The smallest absolute Gasteiger partial charge is 0.0459 e. The molecule has 0 atom stereocenters. The van der Waals surface area contributed by atoms with Crippen LogP contribution in [0.5, 0.6) is 0 Å². The number of nitrogens with one attached hydrogen (secondary N) is 1. The zero-order valence-corrected chi connectivity index (χ0v) is 12.6. The molecule has 3 heteroatoms. The maximum absolute atomic E-state index is 6.39. The molecular weight excluding hydrogens is 265 g/mol. The van der Waals surface area contributed by atoms with Gasteiger partial charge in [0.2, 0.25) is 0 Å². The highest BCUT2D eigenvalue weighted by Gasteiger charge is 2.34. The number of hydrogen-bond acceptors (Lipinski definition) is 1. The molecule has 2 rings (SSSR count). The molecular formula is C15H21Cl2N. The summed E-state index contributed by atoms with van der Waals surface area (Å²) in [7, 11) is 0. The average molecular weight is 286 g/mol. The largest absolute Gasteiger partial charge is 0.313 e. The number of hydrogen-bond donors (Lipinski definition) is 1. The Hall–Kier alpha value is -0.240. The summed E-state index contributed by atoms with van der Waals surface area (Å²) >= 11 is 12.8. The molecule has 100 valence electrons. The highest BCUT2D eigenvalue weighted by atomic mass is 35.5. The summed E-state index contributed by atoms with van der Waals surface area (Å²) in [6, 6.07) is 6.52. The Morgan fingerprint density at radius 3 is 2.17 bits per heavy atom. The fraction of sp³-hybridized carbons (Fsp3) is 0.600. The van der Waals surface area contributed by atoms with Gasteiger partial charge in [0.1, 0.15) is 0 Å². The lowest BCUT2D eigenvalue weighted by Crippen LogP contribution is -2.38. The Bertz CT molecular complexity index is 389. The summed E-state index contributed by atoms with van der Waals surface area (Å²) in [5, 5.41) is 5.23. The first-order valence-corrected chi connectivity index (χ1v) is 7.56. The second-order valence-electron chi connectivity index (χ2n) is 5.24. The Morgan fingerprint density at radius 1 is 1.17 bits per heavy atom. The standard InChI is InChI=1S/C15H21Cl2N/c1-3-15(4-2,10-18-11-8-9-11)14-12(16)6-5-7-13(14)17/h5-7,11,18H,3-4,8-10H2,1-2H3. The molecule has 0 heterocycles. The van der Waals surface area contributed by atoms with Crippen molar-refractivity contribution in [3.05, 3.63) is 33.8 Å². The van der Waals surface area contributed by atoms with Gasteiger partial charge in [-0.15, -0.1) is 0 Å². The monoisotopic (exact) mass is 285 g/mol. The average Bonchev–Trinajstić information content (AvgIpc) is 3.17. The van der Waals surface area contributed by atoms with Crippen LogP contribution in [0.1, 0.15) is 45.1 Å². The minimum absolute atomic E-state index is 0.0536. The fourth-order valence-corrected chi connectivity index (χ4v) is 3.37. The number of halogens is 2. The van der Waals surface area contributed by atoms with Gasteiger partial charge in [0.25, 0.3) is 0 Å². The van der Waals surface area contributed by atoms with Crippen LogP contribution >= 0.6 is 23.2 Å².